The lowest BCUT2D eigenvalue weighted by molar-refractivity contribution is 0.0945. The van der Waals surface area contributed by atoms with Gasteiger partial charge in [-0.3, -0.25) is 19.7 Å². The third kappa shape index (κ3) is 3.05. The van der Waals surface area contributed by atoms with Gasteiger partial charge >= 0.3 is 0 Å². The first-order valence-electron chi connectivity index (χ1n) is 8.36. The van der Waals surface area contributed by atoms with Crippen molar-refractivity contribution in [2.24, 2.45) is 0 Å². The highest BCUT2D eigenvalue weighted by Gasteiger charge is 2.16. The molecule has 1 saturated heterocycles. The fourth-order valence-corrected chi connectivity index (χ4v) is 3.25. The maximum absolute atomic E-state index is 12.5. The van der Waals surface area contributed by atoms with E-state index in [1.54, 1.807) is 12.4 Å². The van der Waals surface area contributed by atoms with Crippen LogP contribution in [-0.4, -0.2) is 40.3 Å². The van der Waals surface area contributed by atoms with Crippen LogP contribution in [-0.2, 0) is 0 Å². The second kappa shape index (κ2) is 6.49. The van der Waals surface area contributed by atoms with Crippen molar-refractivity contribution < 1.29 is 4.79 Å². The molecule has 1 aromatic heterocycles. The standard InChI is InChI=1S/C20H19N3O/c24-20(14-23-10-1-2-11-23)17-5-3-4-15(12-17)16-6-7-18-19(13-16)22-9-8-21-18/h3-9,12-13H,1-2,10-11,14H2. The average Bonchev–Trinajstić information content (AvgIpc) is 3.14. The molecule has 3 aromatic rings. The van der Waals surface area contributed by atoms with E-state index in [0.29, 0.717) is 6.54 Å². The van der Waals surface area contributed by atoms with Crippen LogP contribution < -0.4 is 0 Å². The fraction of sp³-hybridized carbons (Fsp3) is 0.250. The van der Waals surface area contributed by atoms with Gasteiger partial charge < -0.3 is 0 Å². The predicted molar refractivity (Wildman–Crippen MR) is 95.0 cm³/mol. The molecule has 4 nitrogen and oxygen atoms in total. The van der Waals surface area contributed by atoms with E-state index in [0.717, 1.165) is 40.8 Å². The molecule has 2 aromatic carbocycles. The van der Waals surface area contributed by atoms with Crippen LogP contribution in [0.4, 0.5) is 0 Å². The number of ketones is 1. The van der Waals surface area contributed by atoms with Gasteiger partial charge in [0, 0.05) is 18.0 Å². The van der Waals surface area contributed by atoms with Gasteiger partial charge in [0.15, 0.2) is 5.78 Å². The molecule has 1 aliphatic rings. The van der Waals surface area contributed by atoms with Crippen LogP contribution in [0.2, 0.25) is 0 Å². The zero-order valence-corrected chi connectivity index (χ0v) is 13.5. The molecule has 4 heteroatoms. The number of aromatic nitrogens is 2. The van der Waals surface area contributed by atoms with Crippen molar-refractivity contribution in [3.8, 4) is 11.1 Å². The summed E-state index contributed by atoms with van der Waals surface area (Å²) in [6, 6.07) is 13.9. The van der Waals surface area contributed by atoms with Gasteiger partial charge in [0.05, 0.1) is 17.6 Å². The summed E-state index contributed by atoms with van der Waals surface area (Å²) < 4.78 is 0. The summed E-state index contributed by atoms with van der Waals surface area (Å²) in [5, 5.41) is 0. The highest BCUT2D eigenvalue weighted by Crippen LogP contribution is 2.24. The number of Topliss-reactive ketones (excluding diaryl/α,β-unsaturated/α-hetero) is 1. The van der Waals surface area contributed by atoms with Crippen molar-refractivity contribution in [1.29, 1.82) is 0 Å². The average molecular weight is 317 g/mol. The molecule has 0 aliphatic carbocycles. The molecule has 4 rings (SSSR count). The molecule has 2 heterocycles. The Kier molecular flexibility index (Phi) is 4.05. The quantitative estimate of drug-likeness (QED) is 0.690. The molecule has 0 spiro atoms. The fourth-order valence-electron chi connectivity index (χ4n) is 3.25. The maximum atomic E-state index is 12.5. The van der Waals surface area contributed by atoms with E-state index in [1.807, 2.05) is 42.5 Å². The van der Waals surface area contributed by atoms with E-state index >= 15 is 0 Å². The van der Waals surface area contributed by atoms with E-state index in [2.05, 4.69) is 14.9 Å². The monoisotopic (exact) mass is 317 g/mol. The number of rotatable bonds is 4. The van der Waals surface area contributed by atoms with E-state index in [4.69, 9.17) is 0 Å². The molecule has 0 saturated carbocycles. The molecule has 0 N–H and O–H groups in total. The molecule has 1 fully saturated rings. The molecule has 120 valence electrons. The van der Waals surface area contributed by atoms with Crippen LogP contribution >= 0.6 is 0 Å². The Bertz CT molecular complexity index is 885. The third-order valence-electron chi connectivity index (χ3n) is 4.55. The van der Waals surface area contributed by atoms with Gasteiger partial charge in [0.1, 0.15) is 0 Å². The molecule has 0 amide bonds. The van der Waals surface area contributed by atoms with E-state index < -0.39 is 0 Å². The Morgan fingerprint density at radius 3 is 2.50 bits per heavy atom. The number of carbonyl (C=O) groups is 1. The molecular formula is C20H19N3O. The van der Waals surface area contributed by atoms with Crippen molar-refractivity contribution in [2.45, 2.75) is 12.8 Å². The number of nitrogens with zero attached hydrogens (tertiary/aromatic N) is 3. The highest BCUT2D eigenvalue weighted by molar-refractivity contribution is 5.98. The van der Waals surface area contributed by atoms with Gasteiger partial charge in [-0.1, -0.05) is 24.3 Å². The third-order valence-corrected chi connectivity index (χ3v) is 4.55. The first kappa shape index (κ1) is 15.0. The Hall–Kier alpha value is -2.59. The van der Waals surface area contributed by atoms with Crippen LogP contribution in [0.1, 0.15) is 23.2 Å². The first-order chi connectivity index (χ1) is 11.8. The van der Waals surface area contributed by atoms with E-state index in [9.17, 15) is 4.79 Å². The van der Waals surface area contributed by atoms with Gasteiger partial charge in [-0.25, -0.2) is 0 Å². The van der Waals surface area contributed by atoms with Crippen LogP contribution in [0.5, 0.6) is 0 Å². The van der Waals surface area contributed by atoms with Crippen molar-refractivity contribution in [3.63, 3.8) is 0 Å². The van der Waals surface area contributed by atoms with Crippen molar-refractivity contribution in [3.05, 3.63) is 60.4 Å². The molecule has 0 radical (unpaired) electrons. The summed E-state index contributed by atoms with van der Waals surface area (Å²) in [6.45, 7) is 2.59. The van der Waals surface area contributed by atoms with Gasteiger partial charge in [-0.15, -0.1) is 0 Å². The predicted octanol–water partition coefficient (Wildman–Crippen LogP) is 3.58. The zero-order valence-electron chi connectivity index (χ0n) is 13.5. The van der Waals surface area contributed by atoms with E-state index in [-0.39, 0.29) is 5.78 Å². The highest BCUT2D eigenvalue weighted by atomic mass is 16.1. The van der Waals surface area contributed by atoms with Gasteiger partial charge in [-0.05, 0) is 55.3 Å². The largest absolute Gasteiger partial charge is 0.296 e. The first-order valence-corrected chi connectivity index (χ1v) is 8.36. The molecule has 0 bridgehead atoms. The van der Waals surface area contributed by atoms with Gasteiger partial charge in [0.2, 0.25) is 0 Å². The normalized spacial score (nSPS) is 15.0. The molecule has 0 atom stereocenters. The Labute approximate surface area is 141 Å². The summed E-state index contributed by atoms with van der Waals surface area (Å²) in [4.78, 5) is 23.4. The van der Waals surface area contributed by atoms with Crippen molar-refractivity contribution >= 4 is 16.8 Å². The second-order valence-electron chi connectivity index (χ2n) is 6.25. The summed E-state index contributed by atoms with van der Waals surface area (Å²) in [7, 11) is 0. The minimum absolute atomic E-state index is 0.194. The molecule has 1 aliphatic heterocycles. The van der Waals surface area contributed by atoms with Gasteiger partial charge in [0.25, 0.3) is 0 Å². The van der Waals surface area contributed by atoms with Crippen LogP contribution in [0.3, 0.4) is 0 Å². The summed E-state index contributed by atoms with van der Waals surface area (Å²) in [5.41, 5.74) is 4.61. The topological polar surface area (TPSA) is 46.1 Å². The number of carbonyl (C=O) groups excluding carboxylic acids is 1. The van der Waals surface area contributed by atoms with Crippen LogP contribution in [0.15, 0.2) is 54.9 Å². The lowest BCUT2D eigenvalue weighted by Gasteiger charge is -2.13. The number of fused-ring (bicyclic) bond motifs is 1. The summed E-state index contributed by atoms with van der Waals surface area (Å²) >= 11 is 0. The van der Waals surface area contributed by atoms with Crippen molar-refractivity contribution in [2.75, 3.05) is 19.6 Å². The van der Waals surface area contributed by atoms with Crippen LogP contribution in [0.25, 0.3) is 22.2 Å². The summed E-state index contributed by atoms with van der Waals surface area (Å²) in [5.74, 6) is 0.194. The number of benzene rings is 2. The van der Waals surface area contributed by atoms with Crippen molar-refractivity contribution in [1.82, 2.24) is 14.9 Å². The van der Waals surface area contributed by atoms with Gasteiger partial charge in [-0.2, -0.15) is 0 Å². The molecule has 24 heavy (non-hydrogen) atoms. The number of hydrogen-bond acceptors (Lipinski definition) is 4. The molecular weight excluding hydrogens is 298 g/mol. The smallest absolute Gasteiger partial charge is 0.176 e. The van der Waals surface area contributed by atoms with E-state index in [1.165, 1.54) is 12.8 Å². The number of hydrogen-bond donors (Lipinski definition) is 0. The zero-order chi connectivity index (χ0) is 16.4. The Morgan fingerprint density at radius 2 is 1.67 bits per heavy atom. The number of likely N-dealkylation sites (tertiary alicyclic amines) is 1. The second-order valence-corrected chi connectivity index (χ2v) is 6.25. The lowest BCUT2D eigenvalue weighted by atomic mass is 10.0. The minimum atomic E-state index is 0.194. The Morgan fingerprint density at radius 1 is 0.917 bits per heavy atom. The maximum Gasteiger partial charge on any atom is 0.176 e. The minimum Gasteiger partial charge on any atom is -0.296 e. The lowest BCUT2D eigenvalue weighted by Crippen LogP contribution is -2.26. The SMILES string of the molecule is O=C(CN1CCCC1)c1cccc(-c2ccc3nccnc3c2)c1. The summed E-state index contributed by atoms with van der Waals surface area (Å²) in [6.07, 6.45) is 5.79. The molecule has 0 unspecified atom stereocenters. The Balaban J connectivity index is 1.62. The van der Waals surface area contributed by atoms with Crippen LogP contribution in [0, 0.1) is 0 Å².